The second-order valence-electron chi connectivity index (χ2n) is 5.70. The van der Waals surface area contributed by atoms with Gasteiger partial charge in [0.1, 0.15) is 12.1 Å². The Morgan fingerprint density at radius 2 is 1.83 bits per heavy atom. The number of carbonyl (C=O) groups excluding carboxylic acids is 2. The summed E-state index contributed by atoms with van der Waals surface area (Å²) in [7, 11) is 0. The molecular weight excluding hydrogens is 304 g/mol. The van der Waals surface area contributed by atoms with Crippen molar-refractivity contribution in [2.75, 3.05) is 11.5 Å². The molecule has 24 heavy (non-hydrogen) atoms. The Balaban J connectivity index is 1.95. The molecular formula is C19H20N2O3. The molecule has 2 aromatic rings. The van der Waals surface area contributed by atoms with E-state index in [1.807, 2.05) is 54.6 Å². The van der Waals surface area contributed by atoms with Gasteiger partial charge in [-0.3, -0.25) is 9.69 Å². The van der Waals surface area contributed by atoms with Crippen molar-refractivity contribution in [2.24, 2.45) is 5.73 Å². The molecule has 0 aliphatic carbocycles. The van der Waals surface area contributed by atoms with Gasteiger partial charge in [0.05, 0.1) is 6.61 Å². The van der Waals surface area contributed by atoms with E-state index in [4.69, 9.17) is 10.5 Å². The highest BCUT2D eigenvalue weighted by atomic mass is 16.5. The minimum atomic E-state index is -0.825. The van der Waals surface area contributed by atoms with Crippen molar-refractivity contribution in [3.63, 3.8) is 0 Å². The number of benzene rings is 2. The molecule has 0 fully saturated rings. The fraction of sp³-hybridized carbons (Fsp3) is 0.263. The van der Waals surface area contributed by atoms with Crippen LogP contribution in [0.15, 0.2) is 54.6 Å². The van der Waals surface area contributed by atoms with Crippen LogP contribution in [-0.4, -0.2) is 24.5 Å². The zero-order valence-electron chi connectivity index (χ0n) is 13.5. The van der Waals surface area contributed by atoms with Gasteiger partial charge in [0, 0.05) is 12.1 Å². The van der Waals surface area contributed by atoms with Crippen LogP contribution in [0.3, 0.4) is 0 Å². The van der Waals surface area contributed by atoms with Crippen molar-refractivity contribution in [3.05, 3.63) is 65.7 Å². The van der Waals surface area contributed by atoms with Gasteiger partial charge in [-0.15, -0.1) is 0 Å². The van der Waals surface area contributed by atoms with Gasteiger partial charge < -0.3 is 10.5 Å². The maximum Gasteiger partial charge on any atom is 0.329 e. The summed E-state index contributed by atoms with van der Waals surface area (Å²) < 4.78 is 5.15. The number of rotatable bonds is 4. The van der Waals surface area contributed by atoms with Crippen molar-refractivity contribution < 1.29 is 14.3 Å². The van der Waals surface area contributed by atoms with Crippen LogP contribution in [0.5, 0.6) is 0 Å². The van der Waals surface area contributed by atoms with E-state index >= 15 is 0 Å². The molecule has 2 atom stereocenters. The van der Waals surface area contributed by atoms with Crippen molar-refractivity contribution in [3.8, 4) is 0 Å². The molecule has 5 heteroatoms. The van der Waals surface area contributed by atoms with Gasteiger partial charge >= 0.3 is 5.97 Å². The normalized spacial score (nSPS) is 17.2. The second-order valence-corrected chi connectivity index (χ2v) is 5.70. The first kappa shape index (κ1) is 16.2. The predicted octanol–water partition coefficient (Wildman–Crippen LogP) is 2.21. The highest BCUT2D eigenvalue weighted by molar-refractivity contribution is 6.04. The number of anilines is 1. The first-order valence-electron chi connectivity index (χ1n) is 8.01. The fourth-order valence-electron chi connectivity index (χ4n) is 3.04. The summed E-state index contributed by atoms with van der Waals surface area (Å²) in [4.78, 5) is 26.8. The van der Waals surface area contributed by atoms with Crippen LogP contribution >= 0.6 is 0 Å². The van der Waals surface area contributed by atoms with Crippen LogP contribution in [0.4, 0.5) is 5.69 Å². The minimum Gasteiger partial charge on any atom is -0.464 e. The monoisotopic (exact) mass is 324 g/mol. The van der Waals surface area contributed by atoms with E-state index in [9.17, 15) is 9.59 Å². The van der Waals surface area contributed by atoms with Gasteiger partial charge in [0.2, 0.25) is 5.91 Å². The van der Waals surface area contributed by atoms with Crippen LogP contribution in [0.1, 0.15) is 24.1 Å². The van der Waals surface area contributed by atoms with E-state index in [1.54, 1.807) is 6.92 Å². The number of esters is 1. The quantitative estimate of drug-likeness (QED) is 0.875. The van der Waals surface area contributed by atoms with Crippen molar-refractivity contribution in [2.45, 2.75) is 25.4 Å². The van der Waals surface area contributed by atoms with Gasteiger partial charge in [-0.25, -0.2) is 4.79 Å². The Hall–Kier alpha value is -2.66. The second kappa shape index (κ2) is 6.84. The lowest BCUT2D eigenvalue weighted by Gasteiger charge is -2.27. The molecule has 1 amide bonds. The summed E-state index contributed by atoms with van der Waals surface area (Å²) in [6.07, 6.45) is 0.447. The predicted molar refractivity (Wildman–Crippen MR) is 91.4 cm³/mol. The van der Waals surface area contributed by atoms with Gasteiger partial charge in [-0.1, -0.05) is 48.5 Å². The molecule has 0 bridgehead atoms. The van der Waals surface area contributed by atoms with Crippen LogP contribution in [-0.2, 0) is 20.7 Å². The van der Waals surface area contributed by atoms with Gasteiger partial charge in [-0.2, -0.15) is 0 Å². The molecule has 0 saturated carbocycles. The molecule has 2 N–H and O–H groups in total. The standard InChI is InChI=1S/C19H20N2O3/c1-2-24-19(23)16-12-14-10-6-7-11-15(14)21(16)18(22)17(20)13-8-4-3-5-9-13/h3-11,16-17H,2,12,20H2,1H3. The topological polar surface area (TPSA) is 72.6 Å². The Labute approximate surface area is 141 Å². The number of fused-ring (bicyclic) bond motifs is 1. The average Bonchev–Trinajstić information content (AvgIpc) is 3.01. The maximum absolute atomic E-state index is 13.0. The van der Waals surface area contributed by atoms with E-state index in [1.165, 1.54) is 4.90 Å². The third-order valence-electron chi connectivity index (χ3n) is 4.20. The molecule has 0 aromatic heterocycles. The third-order valence-corrected chi connectivity index (χ3v) is 4.20. The summed E-state index contributed by atoms with van der Waals surface area (Å²) in [6, 6.07) is 15.2. The molecule has 1 heterocycles. The zero-order valence-corrected chi connectivity index (χ0v) is 13.5. The largest absolute Gasteiger partial charge is 0.464 e. The van der Waals surface area contributed by atoms with Crippen LogP contribution in [0, 0.1) is 0 Å². The van der Waals surface area contributed by atoms with Crippen molar-refractivity contribution in [1.82, 2.24) is 0 Å². The van der Waals surface area contributed by atoms with Gasteiger partial charge in [0.15, 0.2) is 0 Å². The molecule has 3 rings (SSSR count). The fourth-order valence-corrected chi connectivity index (χ4v) is 3.04. The van der Waals surface area contributed by atoms with Crippen molar-refractivity contribution >= 4 is 17.6 Å². The molecule has 2 unspecified atom stereocenters. The van der Waals surface area contributed by atoms with E-state index in [2.05, 4.69) is 0 Å². The Morgan fingerprint density at radius 3 is 2.54 bits per heavy atom. The van der Waals surface area contributed by atoms with Crippen LogP contribution < -0.4 is 10.6 Å². The molecule has 1 aliphatic rings. The number of ether oxygens (including phenoxy) is 1. The number of amides is 1. The molecule has 0 saturated heterocycles. The number of hydrogen-bond donors (Lipinski definition) is 1. The lowest BCUT2D eigenvalue weighted by atomic mass is 10.1. The molecule has 0 spiro atoms. The summed E-state index contributed by atoms with van der Waals surface area (Å²) in [5.41, 5.74) is 8.56. The molecule has 1 aliphatic heterocycles. The lowest BCUT2D eigenvalue weighted by Crippen LogP contribution is -2.47. The Morgan fingerprint density at radius 1 is 1.17 bits per heavy atom. The highest BCUT2D eigenvalue weighted by Gasteiger charge is 2.40. The molecule has 0 radical (unpaired) electrons. The Bertz CT molecular complexity index is 745. The number of hydrogen-bond acceptors (Lipinski definition) is 4. The summed E-state index contributed by atoms with van der Waals surface area (Å²) in [6.45, 7) is 2.03. The lowest BCUT2D eigenvalue weighted by molar-refractivity contribution is -0.145. The molecule has 124 valence electrons. The summed E-state index contributed by atoms with van der Waals surface area (Å²) in [5.74, 6) is -0.702. The smallest absolute Gasteiger partial charge is 0.329 e. The first-order valence-corrected chi connectivity index (χ1v) is 8.01. The number of nitrogens with zero attached hydrogens (tertiary/aromatic N) is 1. The molecule has 5 nitrogen and oxygen atoms in total. The highest BCUT2D eigenvalue weighted by Crippen LogP contribution is 2.34. The van der Waals surface area contributed by atoms with E-state index < -0.39 is 18.1 Å². The third kappa shape index (κ3) is 2.90. The molecule has 2 aromatic carbocycles. The number of carbonyl (C=O) groups is 2. The minimum absolute atomic E-state index is 0.276. The zero-order chi connectivity index (χ0) is 17.1. The van der Waals surface area contributed by atoms with E-state index in [0.29, 0.717) is 6.42 Å². The number of nitrogens with two attached hydrogens (primary N) is 1. The Kier molecular flexibility index (Phi) is 4.62. The van der Waals surface area contributed by atoms with Gasteiger partial charge in [-0.05, 0) is 24.1 Å². The van der Waals surface area contributed by atoms with E-state index in [-0.39, 0.29) is 12.5 Å². The summed E-state index contributed by atoms with van der Waals surface area (Å²) >= 11 is 0. The maximum atomic E-state index is 13.0. The number of para-hydroxylation sites is 1. The average molecular weight is 324 g/mol. The first-order chi connectivity index (χ1) is 11.6. The summed E-state index contributed by atoms with van der Waals surface area (Å²) in [5, 5.41) is 0. The van der Waals surface area contributed by atoms with Crippen LogP contribution in [0.2, 0.25) is 0 Å². The van der Waals surface area contributed by atoms with Gasteiger partial charge in [0.25, 0.3) is 0 Å². The van der Waals surface area contributed by atoms with E-state index in [0.717, 1.165) is 16.8 Å². The van der Waals surface area contributed by atoms with Crippen molar-refractivity contribution in [1.29, 1.82) is 0 Å². The SMILES string of the molecule is CCOC(=O)C1Cc2ccccc2N1C(=O)C(N)c1ccccc1. The van der Waals surface area contributed by atoms with Crippen LogP contribution in [0.25, 0.3) is 0 Å².